The van der Waals surface area contributed by atoms with Crippen LogP contribution < -0.4 is 10.8 Å². The summed E-state index contributed by atoms with van der Waals surface area (Å²) < 4.78 is 28.2. The Kier molecular flexibility index (Phi) is 4.50. The molecule has 2 rings (SSSR count). The number of para-hydroxylation sites is 1. The monoisotopic (exact) mass is 390 g/mol. The van der Waals surface area contributed by atoms with Crippen molar-refractivity contribution in [3.63, 3.8) is 0 Å². The molecule has 104 valence electrons. The van der Waals surface area contributed by atoms with Gasteiger partial charge in [0.2, 0.25) is 0 Å². The van der Waals surface area contributed by atoms with Crippen molar-refractivity contribution in [2.75, 3.05) is 5.32 Å². The van der Waals surface area contributed by atoms with Crippen LogP contribution in [0.1, 0.15) is 10.4 Å². The Hall–Kier alpha value is -1.74. The van der Waals surface area contributed by atoms with Gasteiger partial charge in [0.1, 0.15) is 11.6 Å². The minimum atomic E-state index is -0.891. The summed E-state index contributed by atoms with van der Waals surface area (Å²) in [5, 5.41) is 11.2. The molecule has 4 nitrogen and oxygen atoms in total. The Labute approximate surface area is 126 Å². The second-order valence-electron chi connectivity index (χ2n) is 3.85. The van der Waals surface area contributed by atoms with E-state index in [2.05, 4.69) is 5.32 Å². The largest absolute Gasteiger partial charge is 0.350 e. The molecule has 0 heterocycles. The molecule has 2 aromatic rings. The number of benzene rings is 2. The third-order valence-electron chi connectivity index (χ3n) is 2.55. The lowest BCUT2D eigenvalue weighted by molar-refractivity contribution is 0.0707. The lowest BCUT2D eigenvalue weighted by Crippen LogP contribution is -2.20. The SMILES string of the molecule is O=C(NO)c1cccc(F)c1Nc1ccc(I)cc1F. The van der Waals surface area contributed by atoms with Crippen LogP contribution in [0.15, 0.2) is 36.4 Å². The van der Waals surface area contributed by atoms with Gasteiger partial charge in [-0.1, -0.05) is 6.07 Å². The second kappa shape index (κ2) is 6.14. The Morgan fingerprint density at radius 3 is 2.55 bits per heavy atom. The van der Waals surface area contributed by atoms with Crippen LogP contribution in [-0.4, -0.2) is 11.1 Å². The van der Waals surface area contributed by atoms with E-state index in [1.54, 1.807) is 6.07 Å². The first-order chi connectivity index (χ1) is 9.52. The quantitative estimate of drug-likeness (QED) is 0.428. The molecule has 0 radical (unpaired) electrons. The molecule has 0 fully saturated rings. The van der Waals surface area contributed by atoms with E-state index >= 15 is 0 Å². The summed E-state index contributed by atoms with van der Waals surface area (Å²) in [4.78, 5) is 11.5. The summed E-state index contributed by atoms with van der Waals surface area (Å²) in [7, 11) is 0. The van der Waals surface area contributed by atoms with Gasteiger partial charge in [-0.3, -0.25) is 10.0 Å². The van der Waals surface area contributed by atoms with Gasteiger partial charge < -0.3 is 5.32 Å². The van der Waals surface area contributed by atoms with E-state index in [0.717, 1.165) is 6.07 Å². The molecule has 0 aliphatic carbocycles. The fourth-order valence-electron chi connectivity index (χ4n) is 1.63. The number of anilines is 2. The molecule has 1 amide bonds. The van der Waals surface area contributed by atoms with E-state index in [-0.39, 0.29) is 16.9 Å². The highest BCUT2D eigenvalue weighted by atomic mass is 127. The number of hydrogen-bond donors (Lipinski definition) is 3. The average molecular weight is 390 g/mol. The first-order valence-electron chi connectivity index (χ1n) is 5.48. The van der Waals surface area contributed by atoms with Crippen LogP contribution in [0, 0.1) is 15.2 Å². The van der Waals surface area contributed by atoms with Gasteiger partial charge >= 0.3 is 0 Å². The van der Waals surface area contributed by atoms with Crippen molar-refractivity contribution in [2.45, 2.75) is 0 Å². The highest BCUT2D eigenvalue weighted by molar-refractivity contribution is 14.1. The third-order valence-corrected chi connectivity index (χ3v) is 3.22. The molecule has 2 aromatic carbocycles. The van der Waals surface area contributed by atoms with E-state index < -0.39 is 17.5 Å². The second-order valence-corrected chi connectivity index (χ2v) is 5.10. The maximum atomic E-state index is 13.8. The maximum Gasteiger partial charge on any atom is 0.276 e. The number of hydroxylamine groups is 1. The molecule has 0 saturated carbocycles. The third kappa shape index (κ3) is 3.05. The normalized spacial score (nSPS) is 10.2. The number of amides is 1. The summed E-state index contributed by atoms with van der Waals surface area (Å²) in [6, 6.07) is 8.09. The fourth-order valence-corrected chi connectivity index (χ4v) is 2.08. The van der Waals surface area contributed by atoms with Crippen LogP contribution in [0.5, 0.6) is 0 Å². The Bertz CT molecular complexity index is 665. The molecule has 3 N–H and O–H groups in total. The molecule has 0 bridgehead atoms. The summed E-state index contributed by atoms with van der Waals surface area (Å²) in [6.45, 7) is 0. The van der Waals surface area contributed by atoms with Crippen molar-refractivity contribution in [1.29, 1.82) is 0 Å². The van der Waals surface area contributed by atoms with Gasteiger partial charge in [-0.2, -0.15) is 0 Å². The number of hydrogen-bond acceptors (Lipinski definition) is 3. The van der Waals surface area contributed by atoms with Gasteiger partial charge in [-0.25, -0.2) is 14.3 Å². The topological polar surface area (TPSA) is 61.4 Å². The summed E-state index contributed by atoms with van der Waals surface area (Å²) in [5.41, 5.74) is 1.10. The number of halogens is 3. The Balaban J connectivity index is 2.45. The molecule has 0 saturated heterocycles. The number of nitrogens with one attached hydrogen (secondary N) is 2. The van der Waals surface area contributed by atoms with Crippen molar-refractivity contribution in [2.24, 2.45) is 0 Å². The van der Waals surface area contributed by atoms with E-state index in [1.807, 2.05) is 22.6 Å². The van der Waals surface area contributed by atoms with Crippen LogP contribution in [0.2, 0.25) is 0 Å². The van der Waals surface area contributed by atoms with Crippen LogP contribution in [0.25, 0.3) is 0 Å². The van der Waals surface area contributed by atoms with Gasteiger partial charge in [0.05, 0.1) is 16.9 Å². The van der Waals surface area contributed by atoms with E-state index in [0.29, 0.717) is 3.57 Å². The Morgan fingerprint density at radius 1 is 1.15 bits per heavy atom. The maximum absolute atomic E-state index is 13.8. The smallest absolute Gasteiger partial charge is 0.276 e. The van der Waals surface area contributed by atoms with E-state index in [1.165, 1.54) is 29.7 Å². The number of carbonyl (C=O) groups excluding carboxylic acids is 1. The van der Waals surface area contributed by atoms with Crippen LogP contribution in [0.4, 0.5) is 20.2 Å². The summed E-state index contributed by atoms with van der Waals surface area (Å²) in [6.07, 6.45) is 0. The molecule has 0 aromatic heterocycles. The molecular weight excluding hydrogens is 381 g/mol. The van der Waals surface area contributed by atoms with Crippen molar-refractivity contribution in [1.82, 2.24) is 5.48 Å². The van der Waals surface area contributed by atoms with Crippen LogP contribution in [0.3, 0.4) is 0 Å². The van der Waals surface area contributed by atoms with E-state index in [9.17, 15) is 13.6 Å². The molecular formula is C13H9F2IN2O2. The molecule has 0 spiro atoms. The highest BCUT2D eigenvalue weighted by Gasteiger charge is 2.16. The minimum absolute atomic E-state index is 0.0301. The van der Waals surface area contributed by atoms with Gasteiger partial charge in [-0.15, -0.1) is 0 Å². The van der Waals surface area contributed by atoms with Crippen molar-refractivity contribution in [3.8, 4) is 0 Å². The molecule has 0 aliphatic rings. The lowest BCUT2D eigenvalue weighted by Gasteiger charge is -2.12. The standard InChI is InChI=1S/C13H9F2IN2O2/c14-9-3-1-2-8(13(19)18-20)12(9)17-11-5-4-7(16)6-10(11)15/h1-6,17,20H,(H,18,19). The average Bonchev–Trinajstić information content (AvgIpc) is 2.42. The molecule has 20 heavy (non-hydrogen) atoms. The lowest BCUT2D eigenvalue weighted by atomic mass is 10.1. The first-order valence-corrected chi connectivity index (χ1v) is 6.56. The summed E-state index contributed by atoms with van der Waals surface area (Å²) in [5.74, 6) is -2.20. The Morgan fingerprint density at radius 2 is 1.90 bits per heavy atom. The van der Waals surface area contributed by atoms with Crippen molar-refractivity contribution >= 4 is 39.9 Å². The van der Waals surface area contributed by atoms with Gasteiger partial charge in [-0.05, 0) is 52.9 Å². The van der Waals surface area contributed by atoms with Crippen molar-refractivity contribution in [3.05, 3.63) is 57.2 Å². The minimum Gasteiger partial charge on any atom is -0.350 e. The summed E-state index contributed by atoms with van der Waals surface area (Å²) >= 11 is 1.94. The van der Waals surface area contributed by atoms with Gasteiger partial charge in [0, 0.05) is 3.57 Å². The molecule has 0 unspecified atom stereocenters. The van der Waals surface area contributed by atoms with Crippen LogP contribution in [-0.2, 0) is 0 Å². The molecule has 0 atom stereocenters. The zero-order valence-electron chi connectivity index (χ0n) is 9.95. The predicted molar refractivity (Wildman–Crippen MR) is 78.1 cm³/mol. The van der Waals surface area contributed by atoms with Crippen molar-refractivity contribution < 1.29 is 18.8 Å². The van der Waals surface area contributed by atoms with E-state index in [4.69, 9.17) is 5.21 Å². The predicted octanol–water partition coefficient (Wildman–Crippen LogP) is 3.43. The van der Waals surface area contributed by atoms with Gasteiger partial charge in [0.15, 0.2) is 0 Å². The zero-order chi connectivity index (χ0) is 14.7. The molecule has 0 aliphatic heterocycles. The molecule has 7 heteroatoms. The fraction of sp³-hybridized carbons (Fsp3) is 0. The van der Waals surface area contributed by atoms with Gasteiger partial charge in [0.25, 0.3) is 5.91 Å². The zero-order valence-corrected chi connectivity index (χ0v) is 12.1. The first kappa shape index (κ1) is 14.7. The van der Waals surface area contributed by atoms with Crippen LogP contribution >= 0.6 is 22.6 Å². The number of rotatable bonds is 3. The number of carbonyl (C=O) groups is 1. The highest BCUT2D eigenvalue weighted by Crippen LogP contribution is 2.26.